The van der Waals surface area contributed by atoms with E-state index < -0.39 is 0 Å². The minimum absolute atomic E-state index is 0.984. The van der Waals surface area contributed by atoms with E-state index in [0.717, 1.165) is 19.8 Å². The molecule has 0 aliphatic carbocycles. The van der Waals surface area contributed by atoms with Gasteiger partial charge in [-0.15, -0.1) is 0 Å². The number of para-hydroxylation sites is 2. The molecule has 2 aromatic carbocycles. The summed E-state index contributed by atoms with van der Waals surface area (Å²) in [6.45, 7) is 12.2. The van der Waals surface area contributed by atoms with Crippen LogP contribution in [0.4, 0.5) is 11.4 Å². The average molecular weight is 308 g/mol. The van der Waals surface area contributed by atoms with Gasteiger partial charge >= 0.3 is 0 Å². The number of rotatable bonds is 2. The molecule has 0 aromatic heterocycles. The van der Waals surface area contributed by atoms with Gasteiger partial charge in [0.2, 0.25) is 0 Å². The number of nitrogens with zero attached hydrogens (tertiary/aromatic N) is 2. The molecule has 0 spiro atoms. The summed E-state index contributed by atoms with van der Waals surface area (Å²) in [6.07, 6.45) is 2.52. The molecule has 1 aliphatic rings. The Balaban J connectivity index is 1.96. The lowest BCUT2D eigenvalue weighted by Gasteiger charge is -2.34. The fraction of sp³-hybridized carbons (Fsp3) is 0.429. The lowest BCUT2D eigenvalue weighted by atomic mass is 10.1. The predicted molar refractivity (Wildman–Crippen MR) is 101 cm³/mol. The minimum Gasteiger partial charge on any atom is -0.353 e. The van der Waals surface area contributed by atoms with Gasteiger partial charge in [-0.3, -0.25) is 0 Å². The Labute approximate surface area is 140 Å². The van der Waals surface area contributed by atoms with E-state index in [4.69, 9.17) is 0 Å². The molecule has 2 aromatic rings. The first-order valence-electron chi connectivity index (χ1n) is 8.70. The van der Waals surface area contributed by atoms with Crippen LogP contribution in [-0.4, -0.2) is 19.8 Å². The molecule has 0 saturated carbocycles. The fourth-order valence-corrected chi connectivity index (χ4v) is 3.93. The molecule has 2 heteroatoms. The highest BCUT2D eigenvalue weighted by molar-refractivity contribution is 5.63. The third-order valence-corrected chi connectivity index (χ3v) is 4.96. The molecule has 0 N–H and O–H groups in total. The third kappa shape index (κ3) is 3.21. The summed E-state index contributed by atoms with van der Waals surface area (Å²) in [6, 6.07) is 13.3. The zero-order valence-corrected chi connectivity index (χ0v) is 14.9. The van der Waals surface area contributed by atoms with Gasteiger partial charge in [-0.25, -0.2) is 0 Å². The molecule has 2 nitrogen and oxygen atoms in total. The lowest BCUT2D eigenvalue weighted by molar-refractivity contribution is 0.776. The van der Waals surface area contributed by atoms with Gasteiger partial charge in [-0.2, -0.15) is 0 Å². The summed E-state index contributed by atoms with van der Waals surface area (Å²) in [5, 5.41) is 0. The molecule has 3 rings (SSSR count). The molecule has 0 bridgehead atoms. The Kier molecular flexibility index (Phi) is 4.61. The third-order valence-electron chi connectivity index (χ3n) is 4.96. The van der Waals surface area contributed by atoms with Crippen LogP contribution in [0.25, 0.3) is 0 Å². The van der Waals surface area contributed by atoms with Gasteiger partial charge in [-0.05, 0) is 62.8 Å². The highest BCUT2D eigenvalue weighted by Gasteiger charge is 2.21. The zero-order valence-electron chi connectivity index (χ0n) is 14.9. The van der Waals surface area contributed by atoms with Crippen molar-refractivity contribution < 1.29 is 0 Å². The van der Waals surface area contributed by atoms with Crippen LogP contribution in [0, 0.1) is 27.7 Å². The van der Waals surface area contributed by atoms with Gasteiger partial charge in [-0.1, -0.05) is 36.4 Å². The van der Waals surface area contributed by atoms with Crippen molar-refractivity contribution in [1.29, 1.82) is 0 Å². The van der Waals surface area contributed by atoms with Crippen LogP contribution < -0.4 is 9.80 Å². The van der Waals surface area contributed by atoms with Gasteiger partial charge in [0.05, 0.1) is 6.67 Å². The van der Waals surface area contributed by atoms with Gasteiger partial charge < -0.3 is 9.80 Å². The fourth-order valence-electron chi connectivity index (χ4n) is 3.93. The minimum atomic E-state index is 0.984. The first-order valence-corrected chi connectivity index (χ1v) is 8.70. The van der Waals surface area contributed by atoms with Gasteiger partial charge in [0.1, 0.15) is 0 Å². The van der Waals surface area contributed by atoms with Crippen molar-refractivity contribution in [3.05, 3.63) is 58.7 Å². The van der Waals surface area contributed by atoms with Crippen molar-refractivity contribution in [2.75, 3.05) is 29.6 Å². The summed E-state index contributed by atoms with van der Waals surface area (Å²) in [5.74, 6) is 0. The Bertz CT molecular complexity index is 590. The molecular weight excluding hydrogens is 280 g/mol. The molecule has 0 atom stereocenters. The van der Waals surface area contributed by atoms with E-state index in [2.05, 4.69) is 73.9 Å². The quantitative estimate of drug-likeness (QED) is 0.771. The van der Waals surface area contributed by atoms with Crippen molar-refractivity contribution in [1.82, 2.24) is 0 Å². The van der Waals surface area contributed by atoms with Crippen LogP contribution >= 0.6 is 0 Å². The smallest absolute Gasteiger partial charge is 0.0903 e. The molecule has 122 valence electrons. The lowest BCUT2D eigenvalue weighted by Crippen LogP contribution is -2.37. The molecule has 1 fully saturated rings. The van der Waals surface area contributed by atoms with Crippen molar-refractivity contribution >= 4 is 11.4 Å². The van der Waals surface area contributed by atoms with Crippen LogP contribution in [-0.2, 0) is 0 Å². The van der Waals surface area contributed by atoms with E-state index in [1.165, 1.54) is 46.5 Å². The molecule has 0 unspecified atom stereocenters. The van der Waals surface area contributed by atoms with Gasteiger partial charge in [0.15, 0.2) is 0 Å². The largest absolute Gasteiger partial charge is 0.353 e. The van der Waals surface area contributed by atoms with E-state index in [9.17, 15) is 0 Å². The maximum absolute atomic E-state index is 2.57. The van der Waals surface area contributed by atoms with E-state index >= 15 is 0 Å². The Morgan fingerprint density at radius 1 is 0.609 bits per heavy atom. The van der Waals surface area contributed by atoms with E-state index in [1.807, 2.05) is 0 Å². The molecule has 0 radical (unpaired) electrons. The molecule has 0 amide bonds. The number of benzene rings is 2. The maximum Gasteiger partial charge on any atom is 0.0903 e. The average Bonchev–Trinajstić information content (AvgIpc) is 2.73. The second-order valence-corrected chi connectivity index (χ2v) is 6.86. The number of hydrogen-bond donors (Lipinski definition) is 0. The first kappa shape index (κ1) is 15.9. The highest BCUT2D eigenvalue weighted by atomic mass is 15.3. The summed E-state index contributed by atoms with van der Waals surface area (Å²) in [5.41, 5.74) is 8.37. The van der Waals surface area contributed by atoms with Crippen LogP contribution in [0.5, 0.6) is 0 Å². The number of aryl methyl sites for hydroxylation is 4. The Hall–Kier alpha value is -1.96. The Morgan fingerprint density at radius 2 is 0.957 bits per heavy atom. The standard InChI is InChI=1S/C21H28N2/c1-16-9-7-10-17(2)20(16)22-13-5-6-14-23(15-22)21-18(3)11-8-12-19(21)4/h7-12H,5-6,13-15H2,1-4H3. The molecule has 1 saturated heterocycles. The van der Waals surface area contributed by atoms with Crippen molar-refractivity contribution in [3.63, 3.8) is 0 Å². The SMILES string of the molecule is Cc1cccc(C)c1N1CCCCN(c2c(C)cccc2C)C1. The van der Waals surface area contributed by atoms with E-state index in [0.29, 0.717) is 0 Å². The highest BCUT2D eigenvalue weighted by Crippen LogP contribution is 2.30. The summed E-state index contributed by atoms with van der Waals surface area (Å²) >= 11 is 0. The summed E-state index contributed by atoms with van der Waals surface area (Å²) < 4.78 is 0. The molecular formula is C21H28N2. The zero-order chi connectivity index (χ0) is 16.4. The number of hydrogen-bond acceptors (Lipinski definition) is 2. The summed E-state index contributed by atoms with van der Waals surface area (Å²) in [7, 11) is 0. The van der Waals surface area contributed by atoms with E-state index in [-0.39, 0.29) is 0 Å². The van der Waals surface area contributed by atoms with Crippen molar-refractivity contribution in [3.8, 4) is 0 Å². The molecule has 1 heterocycles. The first-order chi connectivity index (χ1) is 11.1. The van der Waals surface area contributed by atoms with Crippen LogP contribution in [0.2, 0.25) is 0 Å². The van der Waals surface area contributed by atoms with Crippen molar-refractivity contribution in [2.24, 2.45) is 0 Å². The normalized spacial score (nSPS) is 15.7. The Morgan fingerprint density at radius 3 is 1.30 bits per heavy atom. The van der Waals surface area contributed by atoms with Crippen LogP contribution in [0.1, 0.15) is 35.1 Å². The van der Waals surface area contributed by atoms with Gasteiger partial charge in [0, 0.05) is 24.5 Å². The second-order valence-electron chi connectivity index (χ2n) is 6.86. The number of anilines is 2. The molecule has 1 aliphatic heterocycles. The van der Waals surface area contributed by atoms with Crippen LogP contribution in [0.15, 0.2) is 36.4 Å². The maximum atomic E-state index is 2.57. The van der Waals surface area contributed by atoms with Crippen molar-refractivity contribution in [2.45, 2.75) is 40.5 Å². The second kappa shape index (κ2) is 6.66. The topological polar surface area (TPSA) is 6.48 Å². The van der Waals surface area contributed by atoms with Gasteiger partial charge in [0.25, 0.3) is 0 Å². The summed E-state index contributed by atoms with van der Waals surface area (Å²) in [4.78, 5) is 5.15. The van der Waals surface area contributed by atoms with E-state index in [1.54, 1.807) is 0 Å². The van der Waals surface area contributed by atoms with Crippen LogP contribution in [0.3, 0.4) is 0 Å². The monoisotopic (exact) mass is 308 g/mol. The predicted octanol–water partition coefficient (Wildman–Crippen LogP) is 4.98. The molecule has 23 heavy (non-hydrogen) atoms.